The Morgan fingerprint density at radius 1 is 1.22 bits per heavy atom. The second kappa shape index (κ2) is 13.2. The summed E-state index contributed by atoms with van der Waals surface area (Å²) in [4.78, 5) is 18.8. The van der Waals surface area contributed by atoms with Crippen LogP contribution in [0.1, 0.15) is 43.8 Å². The van der Waals surface area contributed by atoms with Crippen molar-refractivity contribution in [3.8, 4) is 5.75 Å². The van der Waals surface area contributed by atoms with Crippen LogP contribution in [0.15, 0.2) is 59.6 Å². The number of fused-ring (bicyclic) bond motifs is 1. The molecule has 2 N–H and O–H groups in total. The number of halogens is 1. The quantitative estimate of drug-likeness (QED) is 0.289. The average molecular weight is 527 g/mol. The zero-order chi connectivity index (χ0) is 26.2. The Morgan fingerprint density at radius 3 is 2.84 bits per heavy atom. The van der Waals surface area contributed by atoms with E-state index in [-0.39, 0.29) is 18.2 Å². The molecule has 4 rings (SSSR count). The van der Waals surface area contributed by atoms with E-state index in [1.165, 1.54) is 17.8 Å². The minimum atomic E-state index is -0.775. The molecule has 6 nitrogen and oxygen atoms in total. The lowest BCUT2D eigenvalue weighted by atomic mass is 9.79. The van der Waals surface area contributed by atoms with Crippen LogP contribution in [-0.4, -0.2) is 58.6 Å². The van der Waals surface area contributed by atoms with Gasteiger partial charge in [-0.3, -0.25) is 9.78 Å². The van der Waals surface area contributed by atoms with E-state index in [0.29, 0.717) is 23.7 Å². The fourth-order valence-corrected chi connectivity index (χ4v) is 6.26. The maximum absolute atomic E-state index is 13.9. The number of aliphatic hydroxyl groups is 1. The molecule has 1 aliphatic heterocycles. The number of rotatable bonds is 12. The number of nitrogens with zero attached hydrogens (tertiary/aromatic N) is 2. The van der Waals surface area contributed by atoms with Crippen molar-refractivity contribution >= 4 is 28.6 Å². The first kappa shape index (κ1) is 27.4. The smallest absolute Gasteiger partial charge is 0.303 e. The van der Waals surface area contributed by atoms with Crippen molar-refractivity contribution < 1.29 is 24.1 Å². The van der Waals surface area contributed by atoms with Gasteiger partial charge in [0.05, 0.1) is 18.7 Å². The summed E-state index contributed by atoms with van der Waals surface area (Å²) in [6, 6.07) is 14.4. The van der Waals surface area contributed by atoms with E-state index in [0.717, 1.165) is 60.4 Å². The predicted octanol–water partition coefficient (Wildman–Crippen LogP) is 5.79. The van der Waals surface area contributed by atoms with Gasteiger partial charge < -0.3 is 19.8 Å². The van der Waals surface area contributed by atoms with Gasteiger partial charge in [-0.15, -0.1) is 11.8 Å². The van der Waals surface area contributed by atoms with Gasteiger partial charge in [0.15, 0.2) is 0 Å². The summed E-state index contributed by atoms with van der Waals surface area (Å²) < 4.78 is 19.3. The van der Waals surface area contributed by atoms with E-state index in [9.17, 15) is 19.4 Å². The summed E-state index contributed by atoms with van der Waals surface area (Å²) in [6.07, 6.45) is 4.27. The second-order valence-corrected chi connectivity index (χ2v) is 10.8. The Hall–Kier alpha value is -2.68. The third kappa shape index (κ3) is 7.43. The molecule has 0 bridgehead atoms. The maximum Gasteiger partial charge on any atom is 0.303 e. The number of aliphatic hydroxyl groups excluding tert-OH is 1. The Bertz CT molecular complexity index is 1190. The minimum absolute atomic E-state index is 0.149. The number of benzene rings is 2. The Labute approximate surface area is 221 Å². The molecule has 1 fully saturated rings. The zero-order valence-electron chi connectivity index (χ0n) is 21.2. The molecule has 1 unspecified atom stereocenters. The number of likely N-dealkylation sites (tertiary alicyclic amines) is 1. The molecule has 0 radical (unpaired) electrons. The lowest BCUT2D eigenvalue weighted by Gasteiger charge is -2.39. The molecular formula is C29H35FN2O4S. The average Bonchev–Trinajstić information content (AvgIpc) is 2.91. The topological polar surface area (TPSA) is 82.9 Å². The minimum Gasteiger partial charge on any atom is -0.497 e. The number of ether oxygens (including phenoxy) is 1. The van der Waals surface area contributed by atoms with Crippen LogP contribution in [-0.2, 0) is 4.79 Å². The number of carboxylic acids is 1. The summed E-state index contributed by atoms with van der Waals surface area (Å²) in [5.41, 5.74) is 1.66. The van der Waals surface area contributed by atoms with E-state index in [4.69, 9.17) is 4.74 Å². The monoisotopic (exact) mass is 526 g/mol. The molecule has 1 saturated heterocycles. The number of pyridine rings is 1. The number of carbonyl (C=O) groups is 1. The number of methoxy groups -OCH3 is 1. The van der Waals surface area contributed by atoms with Crippen molar-refractivity contribution in [3.05, 3.63) is 66.1 Å². The standard InChI is InChI=1S/C29H35FN2O4S/c1-36-22-8-9-26-24(18-22)23(12-14-31-26)27(33)10-6-20-13-15-32(19-21(20)7-11-29(34)35)16-17-37-28-5-3-2-4-25(28)30/h2-5,8-9,12,14,18,20-21,27,33H,6-7,10-11,13,15-17,19H2,1H3,(H,34,35)/t20-,21+,27?/m1/s1. The highest BCUT2D eigenvalue weighted by Gasteiger charge is 2.30. The van der Waals surface area contributed by atoms with Crippen LogP contribution in [0.4, 0.5) is 4.39 Å². The number of aliphatic carboxylic acids is 1. The summed E-state index contributed by atoms with van der Waals surface area (Å²) in [6.45, 7) is 2.60. The summed E-state index contributed by atoms with van der Waals surface area (Å²) in [5, 5.41) is 21.3. The first-order chi connectivity index (χ1) is 17.9. The van der Waals surface area contributed by atoms with Gasteiger partial charge in [0.2, 0.25) is 0 Å². The maximum atomic E-state index is 13.9. The highest BCUT2D eigenvalue weighted by Crippen LogP contribution is 2.35. The molecule has 0 amide bonds. The Balaban J connectivity index is 1.35. The lowest BCUT2D eigenvalue weighted by molar-refractivity contribution is -0.137. The molecule has 2 heterocycles. The van der Waals surface area contributed by atoms with E-state index >= 15 is 0 Å². The molecule has 37 heavy (non-hydrogen) atoms. The number of piperidine rings is 1. The number of hydrogen-bond donors (Lipinski definition) is 2. The summed E-state index contributed by atoms with van der Waals surface area (Å²) in [5.74, 6) is 1.15. The fraction of sp³-hybridized carbons (Fsp3) is 0.448. The van der Waals surface area contributed by atoms with Crippen molar-refractivity contribution in [3.63, 3.8) is 0 Å². The highest BCUT2D eigenvalue weighted by molar-refractivity contribution is 7.99. The van der Waals surface area contributed by atoms with Crippen LogP contribution in [0.3, 0.4) is 0 Å². The molecule has 0 saturated carbocycles. The van der Waals surface area contributed by atoms with Gasteiger partial charge in [-0.2, -0.15) is 0 Å². The molecule has 3 atom stereocenters. The van der Waals surface area contributed by atoms with Crippen molar-refractivity contribution in [1.29, 1.82) is 0 Å². The molecule has 1 aliphatic rings. The molecule has 198 valence electrons. The first-order valence-corrected chi connectivity index (χ1v) is 13.9. The van der Waals surface area contributed by atoms with Crippen LogP contribution in [0.25, 0.3) is 10.9 Å². The lowest BCUT2D eigenvalue weighted by Crippen LogP contribution is -2.41. The molecular weight excluding hydrogens is 491 g/mol. The van der Waals surface area contributed by atoms with Gasteiger partial charge in [0.25, 0.3) is 0 Å². The number of carboxylic acid groups (broad SMARTS) is 1. The third-order valence-corrected chi connectivity index (χ3v) is 8.39. The molecule has 1 aromatic heterocycles. The molecule has 0 spiro atoms. The normalized spacial score (nSPS) is 19.1. The largest absolute Gasteiger partial charge is 0.497 e. The summed E-state index contributed by atoms with van der Waals surface area (Å²) in [7, 11) is 1.62. The van der Waals surface area contributed by atoms with Crippen LogP contribution in [0.2, 0.25) is 0 Å². The Kier molecular flexibility index (Phi) is 9.77. The third-order valence-electron chi connectivity index (χ3n) is 7.36. The van der Waals surface area contributed by atoms with Crippen molar-refractivity contribution in [2.45, 2.75) is 43.1 Å². The van der Waals surface area contributed by atoms with Gasteiger partial charge >= 0.3 is 5.97 Å². The Morgan fingerprint density at radius 2 is 2.05 bits per heavy atom. The SMILES string of the molecule is COc1ccc2nccc(C(O)CC[C@@H]3CCN(CCSc4ccccc4F)C[C@@H]3CCC(=O)O)c2c1. The van der Waals surface area contributed by atoms with E-state index in [2.05, 4.69) is 9.88 Å². The van der Waals surface area contributed by atoms with Gasteiger partial charge in [-0.1, -0.05) is 12.1 Å². The van der Waals surface area contributed by atoms with Gasteiger partial charge in [0, 0.05) is 41.7 Å². The number of hydrogen-bond acceptors (Lipinski definition) is 6. The van der Waals surface area contributed by atoms with E-state index in [1.54, 1.807) is 25.4 Å². The molecule has 0 aliphatic carbocycles. The molecule has 8 heteroatoms. The van der Waals surface area contributed by atoms with Crippen LogP contribution < -0.4 is 4.74 Å². The number of aromatic nitrogens is 1. The van der Waals surface area contributed by atoms with Crippen molar-refractivity contribution in [2.24, 2.45) is 11.8 Å². The zero-order valence-corrected chi connectivity index (χ0v) is 22.0. The van der Waals surface area contributed by atoms with Crippen LogP contribution >= 0.6 is 11.8 Å². The van der Waals surface area contributed by atoms with Gasteiger partial charge in [0.1, 0.15) is 11.6 Å². The van der Waals surface area contributed by atoms with Gasteiger partial charge in [-0.05, 0) is 86.0 Å². The van der Waals surface area contributed by atoms with E-state index in [1.807, 2.05) is 30.3 Å². The molecule has 3 aromatic rings. The molecule has 2 aromatic carbocycles. The van der Waals surface area contributed by atoms with E-state index < -0.39 is 12.1 Å². The first-order valence-electron chi connectivity index (χ1n) is 12.9. The summed E-state index contributed by atoms with van der Waals surface area (Å²) >= 11 is 1.52. The van der Waals surface area contributed by atoms with Crippen LogP contribution in [0.5, 0.6) is 5.75 Å². The van der Waals surface area contributed by atoms with Crippen LogP contribution in [0, 0.1) is 17.7 Å². The van der Waals surface area contributed by atoms with Crippen molar-refractivity contribution in [2.75, 3.05) is 32.5 Å². The van der Waals surface area contributed by atoms with Gasteiger partial charge in [-0.25, -0.2) is 4.39 Å². The highest BCUT2D eigenvalue weighted by atomic mass is 32.2. The second-order valence-electron chi connectivity index (χ2n) is 9.70. The fourth-order valence-electron chi connectivity index (χ4n) is 5.31. The number of thioether (sulfide) groups is 1. The van der Waals surface area contributed by atoms with Crippen molar-refractivity contribution in [1.82, 2.24) is 9.88 Å². The predicted molar refractivity (Wildman–Crippen MR) is 145 cm³/mol.